The Morgan fingerprint density at radius 3 is 2.74 bits per heavy atom. The van der Waals surface area contributed by atoms with Crippen LogP contribution in [0.3, 0.4) is 0 Å². The van der Waals surface area contributed by atoms with Gasteiger partial charge in [-0.05, 0) is 34.3 Å². The van der Waals surface area contributed by atoms with Crippen LogP contribution in [0.2, 0.25) is 0 Å². The lowest BCUT2D eigenvalue weighted by molar-refractivity contribution is 0.0335. The first-order valence-electron chi connectivity index (χ1n) is 9.46. The predicted molar refractivity (Wildman–Crippen MR) is 113 cm³/mol. The van der Waals surface area contributed by atoms with Crippen LogP contribution in [0, 0.1) is 0 Å². The Labute approximate surface area is 181 Å². The van der Waals surface area contributed by atoms with Crippen LogP contribution >= 0.6 is 11.8 Å². The van der Waals surface area contributed by atoms with Gasteiger partial charge < -0.3 is 10.5 Å². The number of nitrogens with one attached hydrogen (secondary N) is 1. The number of anilines is 1. The van der Waals surface area contributed by atoms with E-state index in [1.807, 2.05) is 30.5 Å². The zero-order valence-corrected chi connectivity index (χ0v) is 17.6. The number of benzene rings is 1. The Hall–Kier alpha value is -3.29. The molecule has 0 aliphatic carbocycles. The van der Waals surface area contributed by atoms with Crippen molar-refractivity contribution >= 4 is 29.7 Å². The van der Waals surface area contributed by atoms with Gasteiger partial charge in [0.15, 0.2) is 5.69 Å². The molecule has 1 fully saturated rings. The summed E-state index contributed by atoms with van der Waals surface area (Å²) >= 11 is 1.65. The summed E-state index contributed by atoms with van der Waals surface area (Å²) in [5.41, 5.74) is 9.78. The summed E-state index contributed by atoms with van der Waals surface area (Å²) in [7, 11) is 0. The molecule has 4 rings (SSSR count). The topological polar surface area (TPSA) is 150 Å². The first-order valence-corrected chi connectivity index (χ1v) is 10.7. The van der Waals surface area contributed by atoms with Crippen molar-refractivity contribution in [1.29, 1.82) is 0 Å². The number of aromatic nitrogens is 5. The quantitative estimate of drug-likeness (QED) is 0.301. The molecule has 0 bridgehead atoms. The van der Waals surface area contributed by atoms with Gasteiger partial charge in [0, 0.05) is 24.5 Å². The van der Waals surface area contributed by atoms with Crippen LogP contribution in [0.1, 0.15) is 21.7 Å². The van der Waals surface area contributed by atoms with E-state index < -0.39 is 5.91 Å². The van der Waals surface area contributed by atoms with Gasteiger partial charge in [0.2, 0.25) is 11.6 Å². The Bertz CT molecular complexity index is 1060. The van der Waals surface area contributed by atoms with Gasteiger partial charge in [-0.3, -0.25) is 9.69 Å². The first-order chi connectivity index (χ1) is 15.2. The number of hydrogen-bond donors (Lipinski definition) is 2. The molecule has 1 amide bonds. The van der Waals surface area contributed by atoms with Gasteiger partial charge in [0.1, 0.15) is 5.69 Å². The number of carbonyl (C=O) groups excluding carboxylic acids is 1. The lowest BCUT2D eigenvalue weighted by atomic mass is 10.2. The average molecular weight is 443 g/mol. The smallest absolute Gasteiger partial charge is 0.292 e. The Kier molecular flexibility index (Phi) is 6.54. The molecule has 0 radical (unpaired) electrons. The predicted octanol–water partition coefficient (Wildman–Crippen LogP) is 0.551. The monoisotopic (exact) mass is 443 g/mol. The second-order valence-electron chi connectivity index (χ2n) is 6.63. The zero-order chi connectivity index (χ0) is 21.6. The van der Waals surface area contributed by atoms with E-state index in [2.05, 4.69) is 40.7 Å². The summed E-state index contributed by atoms with van der Waals surface area (Å²) in [6.45, 7) is 3.11. The van der Waals surface area contributed by atoms with Crippen LogP contribution in [0.25, 0.3) is 5.82 Å². The number of carbonyl (C=O) groups is 1. The summed E-state index contributed by atoms with van der Waals surface area (Å²) in [5.74, 6) is -0.426. The third kappa shape index (κ3) is 4.90. The first kappa shape index (κ1) is 21.0. The maximum absolute atomic E-state index is 13.0. The molecular formula is C18H21N9O3S. The van der Waals surface area contributed by atoms with Crippen molar-refractivity contribution in [3.8, 4) is 5.82 Å². The molecule has 0 unspecified atom stereocenters. The van der Waals surface area contributed by atoms with Crippen molar-refractivity contribution in [1.82, 2.24) is 35.6 Å². The molecule has 1 aliphatic rings. The van der Waals surface area contributed by atoms with Gasteiger partial charge in [0.25, 0.3) is 5.91 Å². The standard InChI is InChI=1S/C18H21N9O3S/c1-31-13-4-2-12(3-5-13)10-20-22-18(28)15-14(11-26-6-8-29-9-7-26)21-25-27(15)17-16(19)23-30-24-17/h2-5,10H,6-9,11H2,1H3,(H2,19,23)(H,22,28). The van der Waals surface area contributed by atoms with Crippen LogP contribution in [-0.2, 0) is 11.3 Å². The molecule has 13 heteroatoms. The number of nitrogens with two attached hydrogens (primary N) is 1. The molecule has 3 N–H and O–H groups in total. The molecule has 2 aromatic heterocycles. The van der Waals surface area contributed by atoms with E-state index in [4.69, 9.17) is 10.5 Å². The third-order valence-electron chi connectivity index (χ3n) is 4.62. The molecule has 0 spiro atoms. The summed E-state index contributed by atoms with van der Waals surface area (Å²) < 4.78 is 11.2. The van der Waals surface area contributed by atoms with Gasteiger partial charge in [-0.2, -0.15) is 9.78 Å². The lowest BCUT2D eigenvalue weighted by Gasteiger charge is -2.25. The van der Waals surface area contributed by atoms with Gasteiger partial charge >= 0.3 is 0 Å². The van der Waals surface area contributed by atoms with Gasteiger partial charge in [-0.1, -0.05) is 17.3 Å². The minimum atomic E-state index is -0.507. The second kappa shape index (κ2) is 9.68. The highest BCUT2D eigenvalue weighted by molar-refractivity contribution is 7.98. The number of nitrogen functional groups attached to an aromatic ring is 1. The van der Waals surface area contributed by atoms with Crippen LogP contribution in [0.5, 0.6) is 0 Å². The third-order valence-corrected chi connectivity index (χ3v) is 5.37. The summed E-state index contributed by atoms with van der Waals surface area (Å²) in [4.78, 5) is 16.3. The number of hydrazone groups is 1. The highest BCUT2D eigenvalue weighted by atomic mass is 32.2. The Morgan fingerprint density at radius 1 is 1.29 bits per heavy atom. The van der Waals surface area contributed by atoms with Crippen molar-refractivity contribution in [3.05, 3.63) is 41.2 Å². The van der Waals surface area contributed by atoms with Crippen LogP contribution < -0.4 is 11.2 Å². The molecule has 3 aromatic rings. The van der Waals surface area contributed by atoms with Crippen molar-refractivity contribution in [2.45, 2.75) is 11.4 Å². The average Bonchev–Trinajstić information content (AvgIpc) is 3.40. The van der Waals surface area contributed by atoms with Crippen LogP contribution in [0.15, 0.2) is 38.9 Å². The maximum Gasteiger partial charge on any atom is 0.292 e. The van der Waals surface area contributed by atoms with Crippen molar-refractivity contribution in [2.24, 2.45) is 5.10 Å². The number of ether oxygens (including phenoxy) is 1. The van der Waals surface area contributed by atoms with Crippen LogP contribution in [0.4, 0.5) is 5.82 Å². The maximum atomic E-state index is 13.0. The molecule has 1 aromatic carbocycles. The van der Waals surface area contributed by atoms with Gasteiger partial charge in [-0.25, -0.2) is 10.1 Å². The fraction of sp³-hybridized carbons (Fsp3) is 0.333. The molecular weight excluding hydrogens is 422 g/mol. The van der Waals surface area contributed by atoms with E-state index >= 15 is 0 Å². The molecule has 1 aliphatic heterocycles. The molecule has 3 heterocycles. The fourth-order valence-corrected chi connectivity index (χ4v) is 3.42. The van der Waals surface area contributed by atoms with Crippen molar-refractivity contribution in [3.63, 3.8) is 0 Å². The molecule has 31 heavy (non-hydrogen) atoms. The summed E-state index contributed by atoms with van der Waals surface area (Å²) in [6, 6.07) is 7.79. The summed E-state index contributed by atoms with van der Waals surface area (Å²) in [5, 5.41) is 19.5. The largest absolute Gasteiger partial charge is 0.379 e. The van der Waals surface area contributed by atoms with E-state index in [9.17, 15) is 4.79 Å². The van der Waals surface area contributed by atoms with Crippen molar-refractivity contribution < 1.29 is 14.2 Å². The van der Waals surface area contributed by atoms with E-state index in [1.165, 1.54) is 4.68 Å². The number of rotatable bonds is 7. The van der Waals surface area contributed by atoms with Gasteiger partial charge in [-0.15, -0.1) is 16.9 Å². The highest BCUT2D eigenvalue weighted by Gasteiger charge is 2.26. The molecule has 1 saturated heterocycles. The Morgan fingerprint density at radius 2 is 2.06 bits per heavy atom. The minimum absolute atomic E-state index is 0.00532. The number of amides is 1. The Balaban J connectivity index is 1.56. The van der Waals surface area contributed by atoms with Crippen molar-refractivity contribution in [2.75, 3.05) is 38.3 Å². The second-order valence-corrected chi connectivity index (χ2v) is 7.51. The number of morpholine rings is 1. The lowest BCUT2D eigenvalue weighted by Crippen LogP contribution is -2.36. The number of hydrogen-bond acceptors (Lipinski definition) is 11. The molecule has 0 saturated carbocycles. The number of thioether (sulfide) groups is 1. The minimum Gasteiger partial charge on any atom is -0.379 e. The van der Waals surface area contributed by atoms with E-state index in [1.54, 1.807) is 18.0 Å². The van der Waals surface area contributed by atoms with E-state index in [-0.39, 0.29) is 17.3 Å². The van der Waals surface area contributed by atoms with Gasteiger partial charge in [0.05, 0.1) is 19.4 Å². The van der Waals surface area contributed by atoms with E-state index in [0.29, 0.717) is 25.5 Å². The van der Waals surface area contributed by atoms with E-state index in [0.717, 1.165) is 23.5 Å². The fourth-order valence-electron chi connectivity index (χ4n) is 3.01. The summed E-state index contributed by atoms with van der Waals surface area (Å²) in [6.07, 6.45) is 3.57. The zero-order valence-electron chi connectivity index (χ0n) is 16.8. The number of nitrogens with zero attached hydrogens (tertiary/aromatic N) is 7. The molecule has 0 atom stereocenters. The highest BCUT2D eigenvalue weighted by Crippen LogP contribution is 2.18. The van der Waals surface area contributed by atoms with Crippen LogP contribution in [-0.4, -0.2) is 74.9 Å². The SMILES string of the molecule is CSc1ccc(C=NNC(=O)c2c(CN3CCOCC3)nnn2-c2nonc2N)cc1. The normalized spacial score (nSPS) is 14.9. The molecule has 12 nitrogen and oxygen atoms in total. The molecule has 162 valence electrons.